The van der Waals surface area contributed by atoms with Gasteiger partial charge in [-0.1, -0.05) is 12.8 Å². The number of rotatable bonds is 6. The zero-order chi connectivity index (χ0) is 15.9. The van der Waals surface area contributed by atoms with Crippen LogP contribution in [0, 0.1) is 13.8 Å². The van der Waals surface area contributed by atoms with Crippen molar-refractivity contribution in [2.75, 3.05) is 20.8 Å². The van der Waals surface area contributed by atoms with Gasteiger partial charge in [-0.05, 0) is 26.7 Å². The molecule has 0 atom stereocenters. The van der Waals surface area contributed by atoms with Gasteiger partial charge in [0.25, 0.3) is 0 Å². The Morgan fingerprint density at radius 1 is 1.35 bits per heavy atom. The zero-order valence-electron chi connectivity index (χ0n) is 14.7. The summed E-state index contributed by atoms with van der Waals surface area (Å²) in [5.74, 6) is 0.885. The van der Waals surface area contributed by atoms with Gasteiger partial charge in [0, 0.05) is 38.0 Å². The second kappa shape index (κ2) is 10.1. The number of nitrogens with one attached hydrogen (secondary N) is 2. The van der Waals surface area contributed by atoms with Gasteiger partial charge in [-0.3, -0.25) is 9.67 Å². The molecule has 1 saturated carbocycles. The fraction of sp³-hybridized carbons (Fsp3) is 0.750. The van der Waals surface area contributed by atoms with Gasteiger partial charge < -0.3 is 15.4 Å². The number of aromatic nitrogens is 2. The van der Waals surface area contributed by atoms with Gasteiger partial charge in [-0.15, -0.1) is 24.0 Å². The third kappa shape index (κ3) is 5.63. The summed E-state index contributed by atoms with van der Waals surface area (Å²) in [5.41, 5.74) is 3.50. The van der Waals surface area contributed by atoms with Crippen LogP contribution in [-0.2, 0) is 17.8 Å². The molecular weight excluding hydrogens is 405 g/mol. The predicted octanol–water partition coefficient (Wildman–Crippen LogP) is 2.37. The van der Waals surface area contributed by atoms with Crippen molar-refractivity contribution in [3.05, 3.63) is 17.0 Å². The Morgan fingerprint density at radius 2 is 2.04 bits per heavy atom. The van der Waals surface area contributed by atoms with Crippen LogP contribution in [-0.4, -0.2) is 42.5 Å². The summed E-state index contributed by atoms with van der Waals surface area (Å²) in [6.45, 7) is 6.38. The van der Waals surface area contributed by atoms with Gasteiger partial charge in [0.15, 0.2) is 5.96 Å². The average molecular weight is 435 g/mol. The van der Waals surface area contributed by atoms with Crippen molar-refractivity contribution < 1.29 is 4.74 Å². The van der Waals surface area contributed by atoms with Crippen LogP contribution in [0.2, 0.25) is 0 Å². The molecule has 1 aromatic rings. The molecule has 0 spiro atoms. The van der Waals surface area contributed by atoms with Gasteiger partial charge in [0.05, 0.1) is 18.8 Å². The maximum Gasteiger partial charge on any atom is 0.191 e. The van der Waals surface area contributed by atoms with Crippen LogP contribution in [0.3, 0.4) is 0 Å². The van der Waals surface area contributed by atoms with Crippen LogP contribution in [0.25, 0.3) is 0 Å². The molecular formula is C16H30IN5O. The number of nitrogens with zero attached hydrogens (tertiary/aromatic N) is 3. The van der Waals surface area contributed by atoms with E-state index in [4.69, 9.17) is 4.74 Å². The molecule has 1 aliphatic rings. The first-order valence-corrected chi connectivity index (χ1v) is 8.14. The van der Waals surface area contributed by atoms with Crippen LogP contribution in [0.5, 0.6) is 0 Å². The number of methoxy groups -OCH3 is 1. The summed E-state index contributed by atoms with van der Waals surface area (Å²) < 4.78 is 7.15. The fourth-order valence-corrected chi connectivity index (χ4v) is 3.02. The summed E-state index contributed by atoms with van der Waals surface area (Å²) in [4.78, 5) is 4.33. The third-order valence-electron chi connectivity index (χ3n) is 4.39. The average Bonchev–Trinajstić information content (AvgIpc) is 3.11. The summed E-state index contributed by atoms with van der Waals surface area (Å²) >= 11 is 0. The van der Waals surface area contributed by atoms with Crippen molar-refractivity contribution in [2.45, 2.75) is 58.7 Å². The van der Waals surface area contributed by atoms with E-state index < -0.39 is 0 Å². The summed E-state index contributed by atoms with van der Waals surface area (Å²) in [6, 6.07) is 0.567. The summed E-state index contributed by atoms with van der Waals surface area (Å²) in [6.07, 6.45) is 5.12. The fourth-order valence-electron chi connectivity index (χ4n) is 3.02. The van der Waals surface area contributed by atoms with E-state index in [-0.39, 0.29) is 24.0 Å². The molecule has 0 bridgehead atoms. The van der Waals surface area contributed by atoms with Gasteiger partial charge in [0.1, 0.15) is 0 Å². The molecule has 1 fully saturated rings. The molecule has 1 heterocycles. The largest absolute Gasteiger partial charge is 0.383 e. The zero-order valence-corrected chi connectivity index (χ0v) is 17.0. The molecule has 2 rings (SSSR count). The normalized spacial score (nSPS) is 15.6. The molecule has 6 nitrogen and oxygen atoms in total. The minimum atomic E-state index is 0. The highest BCUT2D eigenvalue weighted by Gasteiger charge is 2.17. The first-order valence-electron chi connectivity index (χ1n) is 8.14. The molecule has 132 valence electrons. The van der Waals surface area contributed by atoms with E-state index in [9.17, 15) is 0 Å². The molecule has 0 aromatic carbocycles. The number of guanidine groups is 1. The van der Waals surface area contributed by atoms with Gasteiger partial charge in [-0.25, -0.2) is 0 Å². The molecule has 0 aliphatic heterocycles. The monoisotopic (exact) mass is 435 g/mol. The van der Waals surface area contributed by atoms with Gasteiger partial charge >= 0.3 is 0 Å². The molecule has 0 unspecified atom stereocenters. The van der Waals surface area contributed by atoms with Crippen LogP contribution in [0.1, 0.15) is 42.6 Å². The van der Waals surface area contributed by atoms with Gasteiger partial charge in [-0.2, -0.15) is 5.10 Å². The Hall–Kier alpha value is -0.830. The number of hydrogen-bond donors (Lipinski definition) is 2. The van der Waals surface area contributed by atoms with Crippen LogP contribution in [0.4, 0.5) is 0 Å². The minimum Gasteiger partial charge on any atom is -0.383 e. The van der Waals surface area contributed by atoms with E-state index in [0.717, 1.165) is 24.7 Å². The van der Waals surface area contributed by atoms with Crippen LogP contribution >= 0.6 is 24.0 Å². The van der Waals surface area contributed by atoms with E-state index in [1.807, 2.05) is 11.7 Å². The number of halogens is 1. The Bertz CT molecular complexity index is 509. The van der Waals surface area contributed by atoms with Crippen molar-refractivity contribution in [1.29, 1.82) is 0 Å². The second-order valence-electron chi connectivity index (χ2n) is 5.92. The highest BCUT2D eigenvalue weighted by Crippen LogP contribution is 2.17. The molecule has 0 radical (unpaired) electrons. The van der Waals surface area contributed by atoms with Crippen molar-refractivity contribution in [2.24, 2.45) is 4.99 Å². The van der Waals surface area contributed by atoms with Crippen LogP contribution in [0.15, 0.2) is 4.99 Å². The van der Waals surface area contributed by atoms with E-state index in [1.54, 1.807) is 7.11 Å². The molecule has 1 aromatic heterocycles. The predicted molar refractivity (Wildman–Crippen MR) is 105 cm³/mol. The van der Waals surface area contributed by atoms with Crippen molar-refractivity contribution in [1.82, 2.24) is 20.4 Å². The highest BCUT2D eigenvalue weighted by molar-refractivity contribution is 14.0. The molecule has 0 saturated heterocycles. The van der Waals surface area contributed by atoms with E-state index in [2.05, 4.69) is 34.6 Å². The third-order valence-corrected chi connectivity index (χ3v) is 4.39. The van der Waals surface area contributed by atoms with Gasteiger partial charge in [0.2, 0.25) is 0 Å². The quantitative estimate of drug-likeness (QED) is 0.409. The van der Waals surface area contributed by atoms with Crippen molar-refractivity contribution >= 4 is 29.9 Å². The number of ether oxygens (including phenoxy) is 1. The molecule has 23 heavy (non-hydrogen) atoms. The van der Waals surface area contributed by atoms with E-state index in [0.29, 0.717) is 12.6 Å². The lowest BCUT2D eigenvalue weighted by molar-refractivity contribution is 0.182. The van der Waals surface area contributed by atoms with Crippen LogP contribution < -0.4 is 10.6 Å². The molecule has 1 aliphatic carbocycles. The highest BCUT2D eigenvalue weighted by atomic mass is 127. The Morgan fingerprint density at radius 3 is 2.65 bits per heavy atom. The lowest BCUT2D eigenvalue weighted by atomic mass is 10.2. The number of hydrogen-bond acceptors (Lipinski definition) is 3. The smallest absolute Gasteiger partial charge is 0.191 e. The Balaban J connectivity index is 0.00000264. The van der Waals surface area contributed by atoms with Crippen molar-refractivity contribution in [3.8, 4) is 0 Å². The molecule has 0 amide bonds. The molecule has 2 N–H and O–H groups in total. The van der Waals surface area contributed by atoms with Crippen molar-refractivity contribution in [3.63, 3.8) is 0 Å². The number of aryl methyl sites for hydroxylation is 1. The lowest BCUT2D eigenvalue weighted by Crippen LogP contribution is -2.42. The first-order chi connectivity index (χ1) is 10.7. The standard InChI is InChI=1S/C16H29N5O.HI/c1-12-15(13(2)21(20-12)9-10-22-4)11-18-16(17-3)19-14-7-5-6-8-14;/h14H,5-11H2,1-4H3,(H2,17,18,19);1H. The maximum absolute atomic E-state index is 5.13. The second-order valence-corrected chi connectivity index (χ2v) is 5.92. The van der Waals surface area contributed by atoms with E-state index >= 15 is 0 Å². The van der Waals surface area contributed by atoms with E-state index in [1.165, 1.54) is 36.9 Å². The lowest BCUT2D eigenvalue weighted by Gasteiger charge is -2.17. The SMILES string of the molecule is CN=C(NCc1c(C)nn(CCOC)c1C)NC1CCCC1.I. The number of aliphatic imine (C=N–C) groups is 1. The Labute approximate surface area is 156 Å². The first kappa shape index (κ1) is 20.2. The topological polar surface area (TPSA) is 63.5 Å². The summed E-state index contributed by atoms with van der Waals surface area (Å²) in [5, 5.41) is 11.5. The minimum absolute atomic E-state index is 0. The maximum atomic E-state index is 5.13. The Kier molecular flexibility index (Phi) is 8.90. The summed E-state index contributed by atoms with van der Waals surface area (Å²) in [7, 11) is 3.54. The molecule has 7 heteroatoms.